The molecule has 0 aliphatic carbocycles. The highest BCUT2D eigenvalue weighted by Gasteiger charge is 2.20. The van der Waals surface area contributed by atoms with Gasteiger partial charge in [0.15, 0.2) is 5.13 Å². The van der Waals surface area contributed by atoms with Gasteiger partial charge in [0.2, 0.25) is 0 Å². The molecule has 0 saturated heterocycles. The Hall–Kier alpha value is -3.10. The Labute approximate surface area is 164 Å². The van der Waals surface area contributed by atoms with E-state index in [4.69, 9.17) is 0 Å². The number of carbonyl (C=O) groups is 1. The van der Waals surface area contributed by atoms with Gasteiger partial charge in [-0.15, -0.1) is 23.7 Å². The molecule has 0 saturated carbocycles. The van der Waals surface area contributed by atoms with Crippen LogP contribution in [0, 0.1) is 5.82 Å². The van der Waals surface area contributed by atoms with Crippen LogP contribution >= 0.6 is 23.7 Å². The molecule has 0 radical (unpaired) electrons. The van der Waals surface area contributed by atoms with Crippen molar-refractivity contribution in [2.75, 3.05) is 5.32 Å². The van der Waals surface area contributed by atoms with E-state index in [-0.39, 0.29) is 24.1 Å². The number of amides is 1. The number of hydrogen-bond acceptors (Lipinski definition) is 5. The molecule has 0 aliphatic heterocycles. The number of imidazole rings is 1. The van der Waals surface area contributed by atoms with Crippen LogP contribution in [-0.2, 0) is 0 Å². The Bertz CT molecular complexity index is 1040. The summed E-state index contributed by atoms with van der Waals surface area (Å²) in [6.45, 7) is 0. The molecule has 0 spiro atoms. The zero-order chi connectivity index (χ0) is 17.9. The number of pyridine rings is 1. The average molecular weight is 402 g/mol. The van der Waals surface area contributed by atoms with Crippen LogP contribution in [0.1, 0.15) is 10.5 Å². The minimum Gasteiger partial charge on any atom is -0.333 e. The van der Waals surface area contributed by atoms with Gasteiger partial charge < -0.3 is 4.98 Å². The SMILES string of the molecule is Cl.O=C(Nc1nccs1)c1[nH]c(-c2ccc(F)cc2)nc1-c1ccncc1. The summed E-state index contributed by atoms with van der Waals surface area (Å²) in [5, 5.41) is 5.01. The van der Waals surface area contributed by atoms with Crippen LogP contribution in [0.3, 0.4) is 0 Å². The fourth-order valence-electron chi connectivity index (χ4n) is 2.45. The first kappa shape index (κ1) is 18.7. The summed E-state index contributed by atoms with van der Waals surface area (Å²) >= 11 is 1.32. The van der Waals surface area contributed by atoms with Gasteiger partial charge in [-0.1, -0.05) is 0 Å². The third-order valence-electron chi connectivity index (χ3n) is 3.66. The van der Waals surface area contributed by atoms with Crippen molar-refractivity contribution in [3.8, 4) is 22.6 Å². The van der Waals surface area contributed by atoms with Crippen molar-refractivity contribution in [3.63, 3.8) is 0 Å². The second kappa shape index (κ2) is 8.07. The summed E-state index contributed by atoms with van der Waals surface area (Å²) in [7, 11) is 0. The smallest absolute Gasteiger partial charge is 0.276 e. The highest BCUT2D eigenvalue weighted by Crippen LogP contribution is 2.27. The van der Waals surface area contributed by atoms with E-state index in [1.807, 2.05) is 0 Å². The van der Waals surface area contributed by atoms with Crippen molar-refractivity contribution in [1.29, 1.82) is 0 Å². The number of halogens is 2. The molecule has 6 nitrogen and oxygen atoms in total. The third-order valence-corrected chi connectivity index (χ3v) is 4.34. The first-order valence-corrected chi connectivity index (χ1v) is 8.56. The standard InChI is InChI=1S/C18H12FN5OS.ClH/c19-13-3-1-12(2-4-13)16-22-14(11-5-7-20-8-6-11)15(23-16)17(25)24-18-21-9-10-26-18;/h1-10H,(H,22,23)(H,21,24,25);1H. The van der Waals surface area contributed by atoms with Gasteiger partial charge in [0.1, 0.15) is 23.0 Å². The minimum atomic E-state index is -0.354. The van der Waals surface area contributed by atoms with Gasteiger partial charge in [-0.3, -0.25) is 15.1 Å². The van der Waals surface area contributed by atoms with Crippen molar-refractivity contribution in [3.05, 3.63) is 71.9 Å². The summed E-state index contributed by atoms with van der Waals surface area (Å²) in [5.41, 5.74) is 2.20. The predicted octanol–water partition coefficient (Wildman–Crippen LogP) is 4.41. The molecule has 27 heavy (non-hydrogen) atoms. The number of H-pyrrole nitrogens is 1. The van der Waals surface area contributed by atoms with Gasteiger partial charge in [-0.25, -0.2) is 14.4 Å². The van der Waals surface area contributed by atoms with Gasteiger partial charge in [0.05, 0.1) is 0 Å². The molecule has 136 valence electrons. The van der Waals surface area contributed by atoms with E-state index in [0.29, 0.717) is 27.9 Å². The zero-order valence-corrected chi connectivity index (χ0v) is 15.4. The lowest BCUT2D eigenvalue weighted by molar-refractivity contribution is 0.102. The molecule has 0 bridgehead atoms. The number of benzene rings is 1. The molecule has 3 aromatic heterocycles. The first-order valence-electron chi connectivity index (χ1n) is 7.68. The number of carbonyl (C=O) groups excluding carboxylic acids is 1. The largest absolute Gasteiger partial charge is 0.333 e. The lowest BCUT2D eigenvalue weighted by Gasteiger charge is -2.02. The lowest BCUT2D eigenvalue weighted by Crippen LogP contribution is -2.13. The second-order valence-corrected chi connectivity index (χ2v) is 6.24. The highest BCUT2D eigenvalue weighted by atomic mass is 35.5. The van der Waals surface area contributed by atoms with Crippen molar-refractivity contribution in [1.82, 2.24) is 19.9 Å². The van der Waals surface area contributed by atoms with E-state index in [9.17, 15) is 9.18 Å². The van der Waals surface area contributed by atoms with E-state index in [0.717, 1.165) is 5.56 Å². The Morgan fingerprint density at radius 1 is 1.04 bits per heavy atom. The molecular weight excluding hydrogens is 389 g/mol. The molecule has 0 aliphatic rings. The van der Waals surface area contributed by atoms with Crippen LogP contribution in [0.4, 0.5) is 9.52 Å². The van der Waals surface area contributed by atoms with Crippen molar-refractivity contribution < 1.29 is 9.18 Å². The van der Waals surface area contributed by atoms with Crippen LogP contribution in [0.2, 0.25) is 0 Å². The molecule has 4 aromatic rings. The van der Waals surface area contributed by atoms with Crippen LogP contribution in [0.15, 0.2) is 60.4 Å². The molecular formula is C18H13ClFN5OS. The van der Waals surface area contributed by atoms with E-state index < -0.39 is 0 Å². The molecule has 0 fully saturated rings. The Balaban J connectivity index is 0.00000210. The summed E-state index contributed by atoms with van der Waals surface area (Å²) in [5.74, 6) is -0.217. The quantitative estimate of drug-likeness (QED) is 0.530. The van der Waals surface area contributed by atoms with E-state index in [2.05, 4.69) is 25.3 Å². The number of rotatable bonds is 4. The van der Waals surface area contributed by atoms with Crippen LogP contribution in [0.5, 0.6) is 0 Å². The maximum absolute atomic E-state index is 13.2. The summed E-state index contributed by atoms with van der Waals surface area (Å²) in [6.07, 6.45) is 4.87. The number of hydrogen-bond donors (Lipinski definition) is 2. The Morgan fingerprint density at radius 2 is 1.78 bits per heavy atom. The molecule has 0 atom stereocenters. The normalized spacial score (nSPS) is 10.3. The summed E-state index contributed by atoms with van der Waals surface area (Å²) < 4.78 is 13.2. The molecule has 3 heterocycles. The Morgan fingerprint density at radius 3 is 2.44 bits per heavy atom. The summed E-state index contributed by atoms with van der Waals surface area (Å²) in [4.78, 5) is 28.4. The minimum absolute atomic E-state index is 0. The first-order chi connectivity index (χ1) is 12.7. The van der Waals surface area contributed by atoms with E-state index in [1.165, 1.54) is 23.5 Å². The molecule has 4 rings (SSSR count). The number of thiazole rings is 1. The highest BCUT2D eigenvalue weighted by molar-refractivity contribution is 7.13. The van der Waals surface area contributed by atoms with Gasteiger partial charge >= 0.3 is 0 Å². The molecule has 1 amide bonds. The number of aromatic amines is 1. The Kier molecular flexibility index (Phi) is 5.58. The van der Waals surface area contributed by atoms with E-state index >= 15 is 0 Å². The topological polar surface area (TPSA) is 83.6 Å². The molecule has 9 heteroatoms. The fourth-order valence-corrected chi connectivity index (χ4v) is 2.97. The van der Waals surface area contributed by atoms with E-state index in [1.54, 1.807) is 48.2 Å². The van der Waals surface area contributed by atoms with Crippen LogP contribution < -0.4 is 5.32 Å². The number of nitrogens with zero attached hydrogens (tertiary/aromatic N) is 3. The average Bonchev–Trinajstić information content (AvgIpc) is 3.33. The van der Waals surface area contributed by atoms with Crippen molar-refractivity contribution in [2.45, 2.75) is 0 Å². The molecule has 0 unspecified atom stereocenters. The van der Waals surface area contributed by atoms with Gasteiger partial charge in [0.25, 0.3) is 5.91 Å². The molecule has 1 aromatic carbocycles. The number of nitrogens with one attached hydrogen (secondary N) is 2. The second-order valence-electron chi connectivity index (χ2n) is 5.34. The lowest BCUT2D eigenvalue weighted by atomic mass is 10.1. The summed E-state index contributed by atoms with van der Waals surface area (Å²) in [6, 6.07) is 9.44. The van der Waals surface area contributed by atoms with Crippen molar-refractivity contribution in [2.24, 2.45) is 0 Å². The van der Waals surface area contributed by atoms with Crippen LogP contribution in [0.25, 0.3) is 22.6 Å². The monoisotopic (exact) mass is 401 g/mol. The zero-order valence-electron chi connectivity index (χ0n) is 13.7. The molecule has 2 N–H and O–H groups in total. The number of aromatic nitrogens is 4. The predicted molar refractivity (Wildman–Crippen MR) is 105 cm³/mol. The van der Waals surface area contributed by atoms with Crippen molar-refractivity contribution >= 4 is 34.8 Å². The fraction of sp³-hybridized carbons (Fsp3) is 0. The van der Waals surface area contributed by atoms with Crippen LogP contribution in [-0.4, -0.2) is 25.8 Å². The maximum Gasteiger partial charge on any atom is 0.276 e. The van der Waals surface area contributed by atoms with Gasteiger partial charge in [-0.2, -0.15) is 0 Å². The third kappa shape index (κ3) is 4.02. The van der Waals surface area contributed by atoms with Gasteiger partial charge in [-0.05, 0) is 36.4 Å². The maximum atomic E-state index is 13.2. The number of anilines is 1. The van der Waals surface area contributed by atoms with Gasteiger partial charge in [0, 0.05) is 35.1 Å².